The Morgan fingerprint density at radius 2 is 1.03 bits per heavy atom. The first-order chi connectivity index (χ1) is 31.9. The number of hydrogen-bond donors (Lipinski definition) is 0. The molecule has 0 N–H and O–H groups in total. The summed E-state index contributed by atoms with van der Waals surface area (Å²) in [5, 5.41) is 3.83. The standard InChI is InChI=1S/C63H59BN2S/c1-60(2,3)40-23-28-43(29-24-40)65-53-32-27-42(62(7,8)9)35-52(53)64-57-54(65)33-39(46-21-16-18-38-17-12-13-19-45(38)46)34-55(57)66(44-30-25-41(26-31-44)61(4,5)6)58-49-36-48-47-20-14-15-22-50(47)63(10,11)51(48)37-56(49)67-59(58)64/h12-37H,1-11H3. The second kappa shape index (κ2) is 14.3. The van der Waals surface area contributed by atoms with Gasteiger partial charge in [-0.15, -0.1) is 11.3 Å². The fourth-order valence-electron chi connectivity index (χ4n) is 11.5. The molecule has 1 aliphatic carbocycles. The SMILES string of the molecule is CC(C)(C)c1ccc(N2c3ccc(C(C)(C)C)cc3B3c4sc5cc6c(cc5c4N(c4ccc(C(C)(C)C)cc4)c4cc(-c5cccc7ccccc57)cc2c43)-c2ccccc2C6(C)C)cc1. The Kier molecular flexibility index (Phi) is 8.99. The van der Waals surface area contributed by atoms with Crippen LogP contribution in [0.15, 0.2) is 158 Å². The van der Waals surface area contributed by atoms with Crippen LogP contribution < -0.4 is 25.5 Å². The van der Waals surface area contributed by atoms with Crippen molar-refractivity contribution in [3.63, 3.8) is 0 Å². The third-order valence-electron chi connectivity index (χ3n) is 15.3. The van der Waals surface area contributed by atoms with Gasteiger partial charge in [-0.3, -0.25) is 0 Å². The van der Waals surface area contributed by atoms with E-state index in [9.17, 15) is 0 Å². The largest absolute Gasteiger partial charge is 0.311 e. The van der Waals surface area contributed by atoms with Crippen LogP contribution in [0.4, 0.5) is 34.1 Å². The molecule has 0 bridgehead atoms. The lowest BCUT2D eigenvalue weighted by Gasteiger charge is -2.44. The molecule has 8 aromatic carbocycles. The van der Waals surface area contributed by atoms with Crippen molar-refractivity contribution in [1.29, 1.82) is 0 Å². The topological polar surface area (TPSA) is 6.48 Å². The van der Waals surface area contributed by atoms with Gasteiger partial charge in [0.2, 0.25) is 0 Å². The number of anilines is 6. The van der Waals surface area contributed by atoms with E-state index in [-0.39, 0.29) is 28.4 Å². The molecule has 4 heteroatoms. The minimum Gasteiger partial charge on any atom is -0.311 e. The normalized spacial score (nSPS) is 14.8. The minimum absolute atomic E-state index is 0.0154. The first-order valence-electron chi connectivity index (χ1n) is 24.2. The quantitative estimate of drug-likeness (QED) is 0.163. The van der Waals surface area contributed by atoms with Crippen molar-refractivity contribution in [3.05, 3.63) is 186 Å². The smallest absolute Gasteiger partial charge is 0.264 e. The maximum Gasteiger partial charge on any atom is 0.264 e. The van der Waals surface area contributed by atoms with Crippen molar-refractivity contribution in [2.75, 3.05) is 9.80 Å². The second-order valence-electron chi connectivity index (χ2n) is 23.1. The van der Waals surface area contributed by atoms with Crippen LogP contribution in [0.25, 0.3) is 43.1 Å². The lowest BCUT2D eigenvalue weighted by Crippen LogP contribution is -2.60. The lowest BCUT2D eigenvalue weighted by atomic mass is 9.36. The number of thiophene rings is 1. The first-order valence-corrected chi connectivity index (χ1v) is 25.0. The molecule has 2 nitrogen and oxygen atoms in total. The summed E-state index contributed by atoms with van der Waals surface area (Å²) >= 11 is 2.01. The van der Waals surface area contributed by atoms with Gasteiger partial charge in [0.05, 0.1) is 5.69 Å². The summed E-state index contributed by atoms with van der Waals surface area (Å²) in [6.07, 6.45) is 0. The highest BCUT2D eigenvalue weighted by Gasteiger charge is 2.47. The van der Waals surface area contributed by atoms with E-state index in [1.54, 1.807) is 0 Å². The average Bonchev–Trinajstić information content (AvgIpc) is 3.78. The number of rotatable bonds is 3. The van der Waals surface area contributed by atoms with Gasteiger partial charge in [-0.25, -0.2) is 0 Å². The zero-order valence-electron chi connectivity index (χ0n) is 40.9. The van der Waals surface area contributed by atoms with Crippen LogP contribution in [0, 0.1) is 0 Å². The maximum atomic E-state index is 2.66. The van der Waals surface area contributed by atoms with Gasteiger partial charge in [0.15, 0.2) is 0 Å². The van der Waals surface area contributed by atoms with Gasteiger partial charge in [0.25, 0.3) is 6.71 Å². The molecule has 0 fully saturated rings. The van der Waals surface area contributed by atoms with E-state index in [0.29, 0.717) is 0 Å². The molecule has 3 heterocycles. The molecule has 2 aliphatic heterocycles. The van der Waals surface area contributed by atoms with Crippen LogP contribution in [0.5, 0.6) is 0 Å². The Balaban J connectivity index is 1.23. The number of hydrogen-bond acceptors (Lipinski definition) is 3. The highest BCUT2D eigenvalue weighted by molar-refractivity contribution is 7.33. The molecule has 0 saturated heterocycles. The van der Waals surface area contributed by atoms with Crippen molar-refractivity contribution >= 4 is 88.7 Å². The Labute approximate surface area is 402 Å². The van der Waals surface area contributed by atoms with Gasteiger partial charge in [0.1, 0.15) is 0 Å². The van der Waals surface area contributed by atoms with E-state index in [1.165, 1.54) is 121 Å². The number of benzene rings is 8. The van der Waals surface area contributed by atoms with Crippen molar-refractivity contribution in [2.45, 2.75) is 97.8 Å². The van der Waals surface area contributed by atoms with Crippen LogP contribution in [0.3, 0.4) is 0 Å². The maximum absolute atomic E-state index is 2.66. The summed E-state index contributed by atoms with van der Waals surface area (Å²) < 4.78 is 2.75. The Hall–Kier alpha value is -6.36. The molecular formula is C63H59BN2S. The number of fused-ring (bicyclic) bond motifs is 10. The highest BCUT2D eigenvalue weighted by atomic mass is 32.1. The van der Waals surface area contributed by atoms with Gasteiger partial charge in [0, 0.05) is 48.7 Å². The molecule has 1 aromatic heterocycles. The first kappa shape index (κ1) is 42.0. The third-order valence-corrected chi connectivity index (χ3v) is 16.5. The summed E-state index contributed by atoms with van der Waals surface area (Å²) in [4.78, 5) is 5.24. The monoisotopic (exact) mass is 886 g/mol. The van der Waals surface area contributed by atoms with E-state index in [1.807, 2.05) is 11.3 Å². The van der Waals surface area contributed by atoms with Crippen LogP contribution >= 0.6 is 11.3 Å². The van der Waals surface area contributed by atoms with Gasteiger partial charge < -0.3 is 9.80 Å². The highest BCUT2D eigenvalue weighted by Crippen LogP contribution is 2.54. The van der Waals surface area contributed by atoms with Crippen molar-refractivity contribution in [1.82, 2.24) is 0 Å². The van der Waals surface area contributed by atoms with E-state index in [0.717, 1.165) is 0 Å². The minimum atomic E-state index is -0.0985. The lowest BCUT2D eigenvalue weighted by molar-refractivity contribution is 0.590. The molecule has 0 saturated carbocycles. The predicted octanol–water partition coefficient (Wildman–Crippen LogP) is 16.0. The second-order valence-corrected chi connectivity index (χ2v) is 24.1. The molecule has 67 heavy (non-hydrogen) atoms. The molecule has 0 atom stereocenters. The van der Waals surface area contributed by atoms with Gasteiger partial charge in [-0.2, -0.15) is 0 Å². The van der Waals surface area contributed by atoms with Crippen LogP contribution in [0.2, 0.25) is 0 Å². The summed E-state index contributed by atoms with van der Waals surface area (Å²) in [6.45, 7) is 25.7. The molecular weight excluding hydrogens is 828 g/mol. The molecule has 0 unspecified atom stereocenters. The number of nitrogens with zero attached hydrogens (tertiary/aromatic N) is 2. The van der Waals surface area contributed by atoms with Crippen LogP contribution in [0.1, 0.15) is 104 Å². The third kappa shape index (κ3) is 6.35. The zero-order valence-corrected chi connectivity index (χ0v) is 41.7. The molecule has 12 rings (SSSR count). The van der Waals surface area contributed by atoms with Gasteiger partial charge in [-0.1, -0.05) is 179 Å². The average molecular weight is 887 g/mol. The van der Waals surface area contributed by atoms with Crippen molar-refractivity contribution in [3.8, 4) is 22.3 Å². The molecule has 3 aliphatic rings. The fraction of sp³-hybridized carbons (Fsp3) is 0.238. The van der Waals surface area contributed by atoms with Crippen molar-refractivity contribution < 1.29 is 0 Å². The van der Waals surface area contributed by atoms with Crippen LogP contribution in [-0.4, -0.2) is 6.71 Å². The summed E-state index contributed by atoms with van der Waals surface area (Å²) in [5.74, 6) is 0. The summed E-state index contributed by atoms with van der Waals surface area (Å²) in [6, 6.07) is 61.2. The molecule has 0 radical (unpaired) electrons. The Morgan fingerprint density at radius 3 is 1.70 bits per heavy atom. The van der Waals surface area contributed by atoms with Crippen molar-refractivity contribution in [2.24, 2.45) is 0 Å². The molecule has 0 amide bonds. The van der Waals surface area contributed by atoms with E-state index < -0.39 is 0 Å². The molecule has 9 aromatic rings. The van der Waals surface area contributed by atoms with Gasteiger partial charge in [-0.05, 0) is 143 Å². The summed E-state index contributed by atoms with van der Waals surface area (Å²) in [7, 11) is 0. The van der Waals surface area contributed by atoms with E-state index in [2.05, 4.69) is 244 Å². The Morgan fingerprint density at radius 1 is 0.463 bits per heavy atom. The molecule has 0 spiro atoms. The Bertz CT molecular complexity index is 3490. The predicted molar refractivity (Wildman–Crippen MR) is 292 cm³/mol. The van der Waals surface area contributed by atoms with Gasteiger partial charge >= 0.3 is 0 Å². The fourth-order valence-corrected chi connectivity index (χ4v) is 12.9. The van der Waals surface area contributed by atoms with Crippen LogP contribution in [-0.2, 0) is 21.7 Å². The molecule has 330 valence electrons. The zero-order chi connectivity index (χ0) is 46.5. The summed E-state index contributed by atoms with van der Waals surface area (Å²) in [5.41, 5.74) is 22.1. The van der Waals surface area contributed by atoms with E-state index >= 15 is 0 Å². The van der Waals surface area contributed by atoms with E-state index in [4.69, 9.17) is 0 Å².